The van der Waals surface area contributed by atoms with Gasteiger partial charge in [0, 0.05) is 23.3 Å². The zero-order valence-electron chi connectivity index (χ0n) is 15.7. The minimum Gasteiger partial charge on any atom is -0.487 e. The first-order valence-electron chi connectivity index (χ1n) is 9.13. The molecule has 0 saturated carbocycles. The standard InChI is InChI=1S/C23H19N5O/c24-22(17-11-13-26-14-12-17)23(28-25)18-6-9-20(10-7-18)29-15-19-8-5-16-3-1-2-4-21(16)27-19/h1-14,24H,15,25H2/p+1. The number of nitrogens with zero attached hydrogens (tertiary/aromatic N) is 3. The Kier molecular flexibility index (Phi) is 5.25. The first kappa shape index (κ1) is 18.3. The van der Waals surface area contributed by atoms with Crippen LogP contribution in [-0.2, 0) is 6.61 Å². The van der Waals surface area contributed by atoms with Crippen LogP contribution in [0.5, 0.6) is 5.75 Å². The van der Waals surface area contributed by atoms with Crippen molar-refractivity contribution < 1.29 is 10.1 Å². The van der Waals surface area contributed by atoms with E-state index in [9.17, 15) is 0 Å². The van der Waals surface area contributed by atoms with Gasteiger partial charge in [0.1, 0.15) is 12.4 Å². The molecule has 0 atom stereocenters. The number of hydrogen-bond donors (Lipinski definition) is 2. The van der Waals surface area contributed by atoms with Crippen molar-refractivity contribution in [3.05, 3.63) is 102 Å². The van der Waals surface area contributed by atoms with Gasteiger partial charge in [-0.2, -0.15) is 5.10 Å². The first-order chi connectivity index (χ1) is 14.2. The van der Waals surface area contributed by atoms with E-state index in [0.717, 1.165) is 33.5 Å². The number of para-hydroxylation sites is 1. The Morgan fingerprint density at radius 2 is 1.66 bits per heavy atom. The summed E-state index contributed by atoms with van der Waals surface area (Å²) >= 11 is 0. The molecule has 142 valence electrons. The van der Waals surface area contributed by atoms with E-state index in [2.05, 4.69) is 15.1 Å². The molecule has 0 aliphatic carbocycles. The number of aromatic nitrogens is 2. The van der Waals surface area contributed by atoms with Gasteiger partial charge in [-0.15, -0.1) is 0 Å². The van der Waals surface area contributed by atoms with Crippen LogP contribution >= 0.6 is 0 Å². The molecular formula is C23H20N5O+. The quantitative estimate of drug-likeness (QED) is 0.303. The van der Waals surface area contributed by atoms with Crippen LogP contribution in [-0.4, -0.2) is 21.4 Å². The number of hydrazone groups is 1. The number of pyridine rings is 2. The molecule has 6 nitrogen and oxygen atoms in total. The zero-order chi connectivity index (χ0) is 20.1. The zero-order valence-corrected chi connectivity index (χ0v) is 15.7. The maximum Gasteiger partial charge on any atom is 0.232 e. The third-order valence-corrected chi connectivity index (χ3v) is 4.55. The lowest BCUT2D eigenvalue weighted by Crippen LogP contribution is -2.46. The molecule has 6 heteroatoms. The van der Waals surface area contributed by atoms with Crippen LogP contribution < -0.4 is 16.0 Å². The van der Waals surface area contributed by atoms with Crippen LogP contribution in [0.4, 0.5) is 0 Å². The molecule has 29 heavy (non-hydrogen) atoms. The van der Waals surface area contributed by atoms with E-state index in [-0.39, 0.29) is 0 Å². The van der Waals surface area contributed by atoms with Crippen molar-refractivity contribution in [1.29, 1.82) is 0 Å². The highest BCUT2D eigenvalue weighted by Gasteiger charge is 2.17. The lowest BCUT2D eigenvalue weighted by Gasteiger charge is -2.08. The van der Waals surface area contributed by atoms with E-state index >= 15 is 0 Å². The molecule has 0 aliphatic rings. The van der Waals surface area contributed by atoms with Gasteiger partial charge in [-0.3, -0.25) is 10.4 Å². The Morgan fingerprint density at radius 3 is 2.41 bits per heavy atom. The van der Waals surface area contributed by atoms with E-state index in [0.29, 0.717) is 18.0 Å². The second kappa shape index (κ2) is 8.31. The Bertz CT molecular complexity index is 1170. The minimum atomic E-state index is 0.382. The summed E-state index contributed by atoms with van der Waals surface area (Å²) in [6, 6.07) is 23.1. The maximum absolute atomic E-state index is 6.24. The largest absolute Gasteiger partial charge is 0.487 e. The number of hydrogen-bond acceptors (Lipinski definition) is 5. The van der Waals surface area contributed by atoms with Gasteiger partial charge in [-0.05, 0) is 48.5 Å². The Balaban J connectivity index is 1.46. The highest BCUT2D eigenvalue weighted by atomic mass is 16.5. The maximum atomic E-state index is 6.24. The molecular weight excluding hydrogens is 362 g/mol. The van der Waals surface area contributed by atoms with Crippen molar-refractivity contribution in [2.75, 3.05) is 0 Å². The fourth-order valence-corrected chi connectivity index (χ4v) is 3.02. The van der Waals surface area contributed by atoms with Crippen LogP contribution in [0.25, 0.3) is 10.9 Å². The van der Waals surface area contributed by atoms with E-state index in [1.165, 1.54) is 0 Å². The van der Waals surface area contributed by atoms with Crippen LogP contribution in [0.3, 0.4) is 0 Å². The van der Waals surface area contributed by atoms with Gasteiger partial charge in [0.25, 0.3) is 0 Å². The van der Waals surface area contributed by atoms with Crippen molar-refractivity contribution in [2.45, 2.75) is 6.61 Å². The molecule has 0 spiro atoms. The molecule has 0 bridgehead atoms. The second-order valence-electron chi connectivity index (χ2n) is 6.44. The van der Waals surface area contributed by atoms with Crippen LogP contribution in [0, 0.1) is 0 Å². The average molecular weight is 382 g/mol. The van der Waals surface area contributed by atoms with E-state index in [1.54, 1.807) is 12.4 Å². The van der Waals surface area contributed by atoms with Gasteiger partial charge in [0.15, 0.2) is 5.71 Å². The average Bonchev–Trinajstić information content (AvgIpc) is 2.79. The monoisotopic (exact) mass is 382 g/mol. The molecule has 2 heterocycles. The van der Waals surface area contributed by atoms with Crippen LogP contribution in [0.2, 0.25) is 0 Å². The lowest BCUT2D eigenvalue weighted by atomic mass is 10.0. The van der Waals surface area contributed by atoms with Gasteiger partial charge in [0.2, 0.25) is 5.71 Å². The molecule has 0 saturated heterocycles. The molecule has 2 aromatic carbocycles. The van der Waals surface area contributed by atoms with Crippen molar-refractivity contribution in [3.63, 3.8) is 0 Å². The predicted molar refractivity (Wildman–Crippen MR) is 114 cm³/mol. The third kappa shape index (κ3) is 4.11. The topological polar surface area (TPSA) is 99.0 Å². The van der Waals surface area contributed by atoms with Gasteiger partial charge in [0.05, 0.1) is 16.8 Å². The summed E-state index contributed by atoms with van der Waals surface area (Å²) in [5.41, 5.74) is 4.44. The first-order valence-corrected chi connectivity index (χ1v) is 9.13. The molecule has 0 unspecified atom stereocenters. The molecule has 2 aromatic heterocycles. The Labute approximate surface area is 168 Å². The molecule has 0 amide bonds. The smallest absolute Gasteiger partial charge is 0.232 e. The minimum absolute atomic E-state index is 0.382. The summed E-state index contributed by atoms with van der Waals surface area (Å²) in [5.74, 6) is 6.32. The summed E-state index contributed by atoms with van der Waals surface area (Å²) in [4.78, 5) is 8.62. The van der Waals surface area contributed by atoms with E-state index in [4.69, 9.17) is 16.0 Å². The SMILES string of the molecule is NN=C(C(=[NH2+])c1ccncc1)c1ccc(OCc2ccc3ccccc3n2)cc1. The highest BCUT2D eigenvalue weighted by molar-refractivity contribution is 6.51. The summed E-state index contributed by atoms with van der Waals surface area (Å²) in [6.07, 6.45) is 3.35. The number of nitrogens with two attached hydrogens (primary N) is 2. The van der Waals surface area contributed by atoms with Crippen LogP contribution in [0.1, 0.15) is 16.8 Å². The fourth-order valence-electron chi connectivity index (χ4n) is 3.02. The van der Waals surface area contributed by atoms with Crippen molar-refractivity contribution in [2.24, 2.45) is 10.9 Å². The second-order valence-corrected chi connectivity index (χ2v) is 6.44. The Hall–Kier alpha value is -4.06. The van der Waals surface area contributed by atoms with Crippen molar-refractivity contribution in [3.8, 4) is 5.75 Å². The Morgan fingerprint density at radius 1 is 0.897 bits per heavy atom. The van der Waals surface area contributed by atoms with Gasteiger partial charge in [-0.25, -0.2) is 4.98 Å². The summed E-state index contributed by atoms with van der Waals surface area (Å²) < 4.78 is 5.87. The predicted octanol–water partition coefficient (Wildman–Crippen LogP) is 2.12. The number of ether oxygens (including phenoxy) is 1. The van der Waals surface area contributed by atoms with E-state index < -0.39 is 0 Å². The van der Waals surface area contributed by atoms with E-state index in [1.807, 2.05) is 72.8 Å². The van der Waals surface area contributed by atoms with Gasteiger partial charge in [-0.1, -0.05) is 24.3 Å². The van der Waals surface area contributed by atoms with Gasteiger partial charge < -0.3 is 10.6 Å². The molecule has 0 radical (unpaired) electrons. The third-order valence-electron chi connectivity index (χ3n) is 4.55. The van der Waals surface area contributed by atoms with Gasteiger partial charge >= 0.3 is 0 Å². The molecule has 4 N–H and O–H groups in total. The summed E-state index contributed by atoms with van der Waals surface area (Å²) in [5, 5.41) is 11.2. The summed E-state index contributed by atoms with van der Waals surface area (Å²) in [7, 11) is 0. The van der Waals surface area contributed by atoms with Crippen LogP contribution in [0.15, 0.2) is 90.3 Å². The summed E-state index contributed by atoms with van der Waals surface area (Å²) in [6.45, 7) is 0.382. The fraction of sp³-hybridized carbons (Fsp3) is 0.0435. The van der Waals surface area contributed by atoms with Crippen molar-refractivity contribution in [1.82, 2.24) is 9.97 Å². The number of benzene rings is 2. The molecule has 4 rings (SSSR count). The number of rotatable bonds is 6. The normalized spacial score (nSPS) is 11.4. The molecule has 4 aromatic rings. The molecule has 0 aliphatic heterocycles. The highest BCUT2D eigenvalue weighted by Crippen LogP contribution is 2.17. The molecule has 0 fully saturated rings. The van der Waals surface area contributed by atoms with Crippen molar-refractivity contribution >= 4 is 22.3 Å². The number of fused-ring (bicyclic) bond motifs is 1. The lowest BCUT2D eigenvalue weighted by molar-refractivity contribution is -0.109.